The highest BCUT2D eigenvalue weighted by atomic mass is 32.1. The summed E-state index contributed by atoms with van der Waals surface area (Å²) in [6, 6.07) is -0.816. The second-order valence-electron chi connectivity index (χ2n) is 2.48. The molecule has 1 atom stereocenters. The number of hydrogen-bond donors (Lipinski definition) is 3. The lowest BCUT2D eigenvalue weighted by molar-refractivity contribution is -0.137. The van der Waals surface area contributed by atoms with Gasteiger partial charge in [-0.3, -0.25) is 9.59 Å². The minimum Gasteiger partial charge on any atom is -0.480 e. The average molecular weight is 219 g/mol. The highest BCUT2D eigenvalue weighted by Crippen LogP contribution is 1.85. The number of aldehydes is 1. The van der Waals surface area contributed by atoms with Crippen molar-refractivity contribution in [2.75, 3.05) is 5.75 Å². The minimum absolute atomic E-state index is 0.190. The summed E-state index contributed by atoms with van der Waals surface area (Å²) in [5, 5.41) is 8.01. The Morgan fingerprint density at radius 1 is 1.64 bits per heavy atom. The SMILES string of the molecule is CCCC=CC=O.N[C@@H](CS)C(=O)O. The Hall–Kier alpha value is -0.810. The highest BCUT2D eigenvalue weighted by molar-refractivity contribution is 7.80. The summed E-state index contributed by atoms with van der Waals surface area (Å²) < 4.78 is 0. The van der Waals surface area contributed by atoms with E-state index in [4.69, 9.17) is 10.8 Å². The van der Waals surface area contributed by atoms with Crippen LogP contribution in [0.4, 0.5) is 0 Å². The standard InChI is InChI=1S/C6H10O.C3H7NO2S/c1-2-3-4-5-6-7;4-2(1-7)3(5)6/h4-6H,2-3H2,1H3;2,7H,1,4H2,(H,5,6)/t;2-/m.0/s1. The Morgan fingerprint density at radius 2 is 2.21 bits per heavy atom. The van der Waals surface area contributed by atoms with Crippen molar-refractivity contribution >= 4 is 24.9 Å². The molecule has 4 nitrogen and oxygen atoms in total. The van der Waals surface area contributed by atoms with Crippen LogP contribution in [0.2, 0.25) is 0 Å². The van der Waals surface area contributed by atoms with E-state index in [0.717, 1.165) is 19.1 Å². The summed E-state index contributed by atoms with van der Waals surface area (Å²) in [7, 11) is 0. The lowest BCUT2D eigenvalue weighted by Crippen LogP contribution is -2.31. The first-order valence-electron chi connectivity index (χ1n) is 4.29. The lowest BCUT2D eigenvalue weighted by atomic mass is 10.3. The predicted molar refractivity (Wildman–Crippen MR) is 59.6 cm³/mol. The van der Waals surface area contributed by atoms with Gasteiger partial charge in [-0.25, -0.2) is 0 Å². The van der Waals surface area contributed by atoms with Gasteiger partial charge in [0.05, 0.1) is 0 Å². The molecule has 0 spiro atoms. The molecule has 0 radical (unpaired) electrons. The molecule has 0 heterocycles. The van der Waals surface area contributed by atoms with Crippen molar-refractivity contribution < 1.29 is 14.7 Å². The number of nitrogens with two attached hydrogens (primary N) is 1. The van der Waals surface area contributed by atoms with Crippen LogP contribution in [0.1, 0.15) is 19.8 Å². The molecule has 0 aliphatic carbocycles. The largest absolute Gasteiger partial charge is 0.480 e. The van der Waals surface area contributed by atoms with Gasteiger partial charge in [-0.2, -0.15) is 12.6 Å². The van der Waals surface area contributed by atoms with Gasteiger partial charge < -0.3 is 10.8 Å². The van der Waals surface area contributed by atoms with E-state index in [2.05, 4.69) is 19.6 Å². The van der Waals surface area contributed by atoms with Crippen LogP contribution in [0, 0.1) is 0 Å². The molecule has 5 heteroatoms. The van der Waals surface area contributed by atoms with Crippen LogP contribution >= 0.6 is 12.6 Å². The maximum Gasteiger partial charge on any atom is 0.321 e. The molecule has 0 aromatic heterocycles. The van der Waals surface area contributed by atoms with Gasteiger partial charge in [-0.1, -0.05) is 19.4 Å². The van der Waals surface area contributed by atoms with Gasteiger partial charge in [-0.05, 0) is 12.5 Å². The lowest BCUT2D eigenvalue weighted by Gasteiger charge is -1.96. The quantitative estimate of drug-likeness (QED) is 0.364. The summed E-state index contributed by atoms with van der Waals surface area (Å²) in [5.41, 5.74) is 4.94. The highest BCUT2D eigenvalue weighted by Gasteiger charge is 2.06. The van der Waals surface area contributed by atoms with E-state index in [-0.39, 0.29) is 5.75 Å². The number of hydrogen-bond acceptors (Lipinski definition) is 4. The number of rotatable bonds is 5. The van der Waals surface area contributed by atoms with E-state index in [1.807, 2.05) is 6.08 Å². The predicted octanol–water partition coefficient (Wildman–Crippen LogP) is 0.870. The van der Waals surface area contributed by atoms with Crippen molar-refractivity contribution in [1.82, 2.24) is 0 Å². The zero-order valence-electron chi connectivity index (χ0n) is 8.22. The van der Waals surface area contributed by atoms with Crippen molar-refractivity contribution in [3.05, 3.63) is 12.2 Å². The van der Waals surface area contributed by atoms with E-state index in [9.17, 15) is 9.59 Å². The Kier molecular flexibility index (Phi) is 13.6. The molecule has 0 saturated heterocycles. The Balaban J connectivity index is 0. The number of carbonyl (C=O) groups is 2. The van der Waals surface area contributed by atoms with Crippen molar-refractivity contribution in [1.29, 1.82) is 0 Å². The first-order chi connectivity index (χ1) is 6.59. The number of carbonyl (C=O) groups excluding carboxylic acids is 1. The topological polar surface area (TPSA) is 80.4 Å². The zero-order chi connectivity index (χ0) is 11.4. The molecule has 0 saturated carbocycles. The van der Waals surface area contributed by atoms with E-state index >= 15 is 0 Å². The van der Waals surface area contributed by atoms with Crippen LogP contribution < -0.4 is 5.73 Å². The first kappa shape index (κ1) is 15.7. The fourth-order valence-corrected chi connectivity index (χ4v) is 0.553. The number of carboxylic acid groups (broad SMARTS) is 1. The van der Waals surface area contributed by atoms with Gasteiger partial charge >= 0.3 is 5.97 Å². The molecular formula is C9H17NO3S. The zero-order valence-corrected chi connectivity index (χ0v) is 9.11. The monoisotopic (exact) mass is 219 g/mol. The van der Waals surface area contributed by atoms with Gasteiger partial charge in [-0.15, -0.1) is 0 Å². The third kappa shape index (κ3) is 13.8. The number of unbranched alkanes of at least 4 members (excludes halogenated alkanes) is 1. The van der Waals surface area contributed by atoms with Gasteiger partial charge in [0.2, 0.25) is 0 Å². The minimum atomic E-state index is -1.00. The normalized spacial score (nSPS) is 11.6. The number of allylic oxidation sites excluding steroid dienone is 2. The van der Waals surface area contributed by atoms with E-state index < -0.39 is 12.0 Å². The van der Waals surface area contributed by atoms with Gasteiger partial charge in [0.15, 0.2) is 0 Å². The number of thiol groups is 1. The summed E-state index contributed by atoms with van der Waals surface area (Å²) in [6.45, 7) is 2.08. The van der Waals surface area contributed by atoms with Crippen LogP contribution in [-0.2, 0) is 9.59 Å². The van der Waals surface area contributed by atoms with E-state index in [1.165, 1.54) is 6.08 Å². The van der Waals surface area contributed by atoms with Crippen LogP contribution in [0.25, 0.3) is 0 Å². The molecule has 0 aromatic rings. The molecule has 0 aromatic carbocycles. The summed E-state index contributed by atoms with van der Waals surface area (Å²) in [4.78, 5) is 19.3. The number of aliphatic carboxylic acids is 1. The first-order valence-corrected chi connectivity index (χ1v) is 4.92. The van der Waals surface area contributed by atoms with Gasteiger partial charge in [0.25, 0.3) is 0 Å². The molecule has 0 unspecified atom stereocenters. The Morgan fingerprint density at radius 3 is 2.43 bits per heavy atom. The van der Waals surface area contributed by atoms with Crippen molar-refractivity contribution in [3.63, 3.8) is 0 Å². The maximum absolute atomic E-state index is 9.76. The van der Waals surface area contributed by atoms with Crippen LogP contribution in [0.3, 0.4) is 0 Å². The molecule has 0 amide bonds. The second kappa shape index (κ2) is 12.2. The van der Waals surface area contributed by atoms with Crippen molar-refractivity contribution in [2.24, 2.45) is 5.73 Å². The molecule has 0 aliphatic rings. The van der Waals surface area contributed by atoms with Crippen LogP contribution in [0.15, 0.2) is 12.2 Å². The Labute approximate surface area is 89.6 Å². The number of carboxylic acids is 1. The van der Waals surface area contributed by atoms with E-state index in [0.29, 0.717) is 0 Å². The molecule has 0 bridgehead atoms. The molecule has 0 rings (SSSR count). The summed E-state index contributed by atoms with van der Waals surface area (Å²) >= 11 is 3.65. The molecular weight excluding hydrogens is 202 g/mol. The van der Waals surface area contributed by atoms with Crippen molar-refractivity contribution in [3.8, 4) is 0 Å². The fourth-order valence-electron chi connectivity index (χ4n) is 0.397. The van der Waals surface area contributed by atoms with Crippen molar-refractivity contribution in [2.45, 2.75) is 25.8 Å². The summed E-state index contributed by atoms with van der Waals surface area (Å²) in [5.74, 6) is -0.815. The molecule has 3 N–H and O–H groups in total. The van der Waals surface area contributed by atoms with Crippen LogP contribution in [-0.4, -0.2) is 29.2 Å². The maximum atomic E-state index is 9.76. The average Bonchev–Trinajstić information content (AvgIpc) is 2.18. The molecule has 14 heavy (non-hydrogen) atoms. The second-order valence-corrected chi connectivity index (χ2v) is 2.85. The van der Waals surface area contributed by atoms with E-state index in [1.54, 1.807) is 0 Å². The third-order valence-electron chi connectivity index (χ3n) is 1.18. The van der Waals surface area contributed by atoms with Crippen LogP contribution in [0.5, 0.6) is 0 Å². The summed E-state index contributed by atoms with van der Waals surface area (Å²) in [6.07, 6.45) is 6.33. The smallest absolute Gasteiger partial charge is 0.321 e. The molecule has 0 aliphatic heterocycles. The Bertz CT molecular complexity index is 183. The fraction of sp³-hybridized carbons (Fsp3) is 0.556. The van der Waals surface area contributed by atoms with Gasteiger partial charge in [0, 0.05) is 5.75 Å². The van der Waals surface area contributed by atoms with Gasteiger partial charge in [0.1, 0.15) is 12.3 Å². The molecule has 82 valence electrons. The third-order valence-corrected chi connectivity index (χ3v) is 1.58. The molecule has 0 fully saturated rings.